The van der Waals surface area contributed by atoms with Gasteiger partial charge in [-0.05, 0) is 38.7 Å². The molecule has 1 aromatic rings. The zero-order chi connectivity index (χ0) is 17.5. The minimum absolute atomic E-state index is 0.0226. The maximum Gasteiger partial charge on any atom is 0.251 e. The first-order valence-corrected chi connectivity index (χ1v) is 9.46. The van der Waals surface area contributed by atoms with Crippen LogP contribution in [0.3, 0.4) is 0 Å². The molecule has 1 saturated heterocycles. The van der Waals surface area contributed by atoms with E-state index in [0.717, 1.165) is 6.42 Å². The molecule has 24 heavy (non-hydrogen) atoms. The van der Waals surface area contributed by atoms with Gasteiger partial charge < -0.3 is 15.0 Å². The van der Waals surface area contributed by atoms with Crippen molar-refractivity contribution in [3.05, 3.63) is 29.8 Å². The van der Waals surface area contributed by atoms with Gasteiger partial charge in [0.1, 0.15) is 0 Å². The summed E-state index contributed by atoms with van der Waals surface area (Å²) in [6, 6.07) is 5.90. The fraction of sp³-hybridized carbons (Fsp3) is 0.562. The van der Waals surface area contributed by atoms with Crippen molar-refractivity contribution >= 4 is 15.9 Å². The zero-order valence-electron chi connectivity index (χ0n) is 14.0. The Kier molecular flexibility index (Phi) is 4.65. The fourth-order valence-electron chi connectivity index (χ4n) is 3.64. The average molecular weight is 353 g/mol. The molecule has 2 N–H and O–H groups in total. The summed E-state index contributed by atoms with van der Waals surface area (Å²) in [4.78, 5) is 13.8. The van der Waals surface area contributed by atoms with Crippen LogP contribution in [0.5, 0.6) is 0 Å². The minimum Gasteiger partial charge on any atom is -0.376 e. The van der Waals surface area contributed by atoms with E-state index >= 15 is 0 Å². The molecule has 1 aromatic carbocycles. The molecule has 0 aromatic heterocycles. The molecule has 0 bridgehead atoms. The Balaban J connectivity index is 1.82. The molecule has 3 rings (SSSR count). The van der Waals surface area contributed by atoms with Gasteiger partial charge in [0, 0.05) is 31.2 Å². The Morgan fingerprint density at radius 1 is 1.33 bits per heavy atom. The van der Waals surface area contributed by atoms with E-state index in [0.29, 0.717) is 12.2 Å². The van der Waals surface area contributed by atoms with Gasteiger partial charge in [-0.15, -0.1) is 0 Å². The Morgan fingerprint density at radius 2 is 2.08 bits per heavy atom. The number of sulfonamides is 1. The summed E-state index contributed by atoms with van der Waals surface area (Å²) in [6.45, 7) is 0.671. The molecule has 1 saturated carbocycles. The highest BCUT2D eigenvalue weighted by atomic mass is 32.2. The Bertz CT molecular complexity index is 735. The number of likely N-dealkylation sites (N-methyl/N-ethyl adjacent to an activating group) is 1. The van der Waals surface area contributed by atoms with Gasteiger partial charge >= 0.3 is 0 Å². The van der Waals surface area contributed by atoms with Gasteiger partial charge in [-0.25, -0.2) is 13.1 Å². The van der Waals surface area contributed by atoms with Crippen LogP contribution in [0.25, 0.3) is 0 Å². The molecule has 132 valence electrons. The first-order valence-electron chi connectivity index (χ1n) is 7.97. The number of hydrogen-bond donors (Lipinski definition) is 2. The van der Waals surface area contributed by atoms with Crippen molar-refractivity contribution in [3.63, 3.8) is 0 Å². The van der Waals surface area contributed by atoms with Crippen LogP contribution < -0.4 is 10.0 Å². The van der Waals surface area contributed by atoms with Crippen LogP contribution in [0.1, 0.15) is 16.8 Å². The number of rotatable bonds is 5. The lowest BCUT2D eigenvalue weighted by molar-refractivity contribution is -0.0626. The molecule has 8 heteroatoms. The SMILES string of the molecule is CNC(=O)c1cccc(S(=O)(=O)N[C@H]2[C@H]3CCO[C@H]3[C@@H]2N(C)C)c1. The number of fused-ring (bicyclic) bond motifs is 1. The topological polar surface area (TPSA) is 87.7 Å². The summed E-state index contributed by atoms with van der Waals surface area (Å²) in [6.07, 6.45) is 0.949. The van der Waals surface area contributed by atoms with E-state index < -0.39 is 10.0 Å². The highest BCUT2D eigenvalue weighted by molar-refractivity contribution is 7.89. The van der Waals surface area contributed by atoms with E-state index in [2.05, 4.69) is 10.0 Å². The lowest BCUT2D eigenvalue weighted by atomic mass is 9.71. The third kappa shape index (κ3) is 2.95. The summed E-state index contributed by atoms with van der Waals surface area (Å²) in [5.74, 6) is -0.111. The van der Waals surface area contributed by atoms with Crippen LogP contribution in [0.15, 0.2) is 29.2 Å². The largest absolute Gasteiger partial charge is 0.376 e. The maximum atomic E-state index is 12.8. The van der Waals surface area contributed by atoms with Crippen molar-refractivity contribution in [3.8, 4) is 0 Å². The fourth-order valence-corrected chi connectivity index (χ4v) is 4.99. The van der Waals surface area contributed by atoms with Crippen LogP contribution in [0, 0.1) is 5.92 Å². The number of benzene rings is 1. The Morgan fingerprint density at radius 3 is 2.75 bits per heavy atom. The number of nitrogens with zero attached hydrogens (tertiary/aromatic N) is 1. The summed E-state index contributed by atoms with van der Waals surface area (Å²) in [5, 5.41) is 2.50. The molecule has 2 aliphatic rings. The third-order valence-electron chi connectivity index (χ3n) is 4.87. The molecular weight excluding hydrogens is 330 g/mol. The second-order valence-electron chi connectivity index (χ2n) is 6.50. The molecule has 1 amide bonds. The Hall–Kier alpha value is -1.48. The predicted octanol–water partition coefficient (Wildman–Crippen LogP) is 0.0420. The standard InChI is InChI=1S/C16H23N3O4S/c1-17-16(20)10-5-4-6-11(9-10)24(21,22)18-13-12-7-8-23-15(12)14(13)19(2)3/h4-6,9,12-15,18H,7-8H2,1-3H3,(H,17,20)/t12-,13+,14-,15-/m1/s1. The monoisotopic (exact) mass is 353 g/mol. The second-order valence-corrected chi connectivity index (χ2v) is 8.21. The van der Waals surface area contributed by atoms with Crippen molar-refractivity contribution in [2.24, 2.45) is 5.92 Å². The summed E-state index contributed by atoms with van der Waals surface area (Å²) in [7, 11) is 1.66. The van der Waals surface area contributed by atoms with Gasteiger partial charge in [0.15, 0.2) is 0 Å². The Labute approximate surface area is 142 Å². The van der Waals surface area contributed by atoms with Crippen LogP contribution >= 0.6 is 0 Å². The minimum atomic E-state index is -3.70. The van der Waals surface area contributed by atoms with E-state index in [4.69, 9.17) is 4.74 Å². The van der Waals surface area contributed by atoms with Crippen molar-refractivity contribution in [2.45, 2.75) is 29.5 Å². The van der Waals surface area contributed by atoms with Crippen LogP contribution in [-0.4, -0.2) is 65.2 Å². The molecule has 1 aliphatic carbocycles. The van der Waals surface area contributed by atoms with Crippen LogP contribution in [0.4, 0.5) is 0 Å². The van der Waals surface area contributed by atoms with E-state index in [1.807, 2.05) is 19.0 Å². The first-order chi connectivity index (χ1) is 11.3. The molecule has 0 spiro atoms. The molecule has 1 aliphatic heterocycles. The molecule has 0 radical (unpaired) electrons. The van der Waals surface area contributed by atoms with Gasteiger partial charge in [0.2, 0.25) is 10.0 Å². The van der Waals surface area contributed by atoms with Crippen LogP contribution in [0.2, 0.25) is 0 Å². The molecule has 7 nitrogen and oxygen atoms in total. The van der Waals surface area contributed by atoms with Crippen LogP contribution in [-0.2, 0) is 14.8 Å². The molecule has 0 unspecified atom stereocenters. The number of nitrogens with one attached hydrogen (secondary N) is 2. The summed E-state index contributed by atoms with van der Waals surface area (Å²) < 4.78 is 34.0. The molecular formula is C16H23N3O4S. The lowest BCUT2D eigenvalue weighted by Gasteiger charge is -2.50. The van der Waals surface area contributed by atoms with Gasteiger partial charge in [0.05, 0.1) is 17.0 Å². The van der Waals surface area contributed by atoms with Crippen molar-refractivity contribution in [1.82, 2.24) is 14.9 Å². The van der Waals surface area contributed by atoms with E-state index in [9.17, 15) is 13.2 Å². The average Bonchev–Trinajstić information content (AvgIpc) is 2.95. The number of carbonyl (C=O) groups is 1. The van der Waals surface area contributed by atoms with Crippen molar-refractivity contribution < 1.29 is 17.9 Å². The lowest BCUT2D eigenvalue weighted by Crippen LogP contribution is -2.69. The number of amides is 1. The number of ether oxygens (including phenoxy) is 1. The maximum absolute atomic E-state index is 12.8. The van der Waals surface area contributed by atoms with E-state index in [1.165, 1.54) is 19.2 Å². The van der Waals surface area contributed by atoms with Gasteiger partial charge in [-0.1, -0.05) is 6.07 Å². The second kappa shape index (κ2) is 6.44. The summed E-state index contributed by atoms with van der Waals surface area (Å²) in [5.41, 5.74) is 0.320. The van der Waals surface area contributed by atoms with Crippen molar-refractivity contribution in [1.29, 1.82) is 0 Å². The molecule has 1 heterocycles. The van der Waals surface area contributed by atoms with E-state index in [1.54, 1.807) is 12.1 Å². The summed E-state index contributed by atoms with van der Waals surface area (Å²) >= 11 is 0. The number of carbonyl (C=O) groups excluding carboxylic acids is 1. The molecule has 4 atom stereocenters. The normalized spacial score (nSPS) is 29.2. The smallest absolute Gasteiger partial charge is 0.251 e. The predicted molar refractivity (Wildman–Crippen MR) is 89.3 cm³/mol. The molecule has 2 fully saturated rings. The zero-order valence-corrected chi connectivity index (χ0v) is 14.8. The van der Waals surface area contributed by atoms with E-state index in [-0.39, 0.29) is 34.9 Å². The van der Waals surface area contributed by atoms with Gasteiger partial charge in [-0.2, -0.15) is 0 Å². The van der Waals surface area contributed by atoms with Gasteiger partial charge in [0.25, 0.3) is 5.91 Å². The van der Waals surface area contributed by atoms with Gasteiger partial charge in [-0.3, -0.25) is 4.79 Å². The third-order valence-corrected chi connectivity index (χ3v) is 6.33. The highest BCUT2D eigenvalue weighted by Gasteiger charge is 2.56. The quantitative estimate of drug-likeness (QED) is 0.781. The van der Waals surface area contributed by atoms with Crippen molar-refractivity contribution in [2.75, 3.05) is 27.7 Å². The number of hydrogen-bond acceptors (Lipinski definition) is 5. The first kappa shape index (κ1) is 17.3. The highest BCUT2D eigenvalue weighted by Crippen LogP contribution is 2.41.